The fourth-order valence-corrected chi connectivity index (χ4v) is 5.19. The van der Waals surface area contributed by atoms with Crippen LogP contribution in [-0.2, 0) is 5.60 Å². The summed E-state index contributed by atoms with van der Waals surface area (Å²) in [4.78, 5) is 0. The van der Waals surface area contributed by atoms with Crippen LogP contribution in [0, 0.1) is 30.6 Å². The lowest BCUT2D eigenvalue weighted by Gasteiger charge is -2.59. The molecule has 96 valence electrons. The van der Waals surface area contributed by atoms with Gasteiger partial charge in [0.1, 0.15) is 0 Å². The summed E-state index contributed by atoms with van der Waals surface area (Å²) in [6, 6.07) is 8.63. The first-order chi connectivity index (χ1) is 8.66. The summed E-state index contributed by atoms with van der Waals surface area (Å²) in [7, 11) is 0. The summed E-state index contributed by atoms with van der Waals surface area (Å²) in [5.41, 5.74) is 1.95. The summed E-state index contributed by atoms with van der Waals surface area (Å²) in [6.45, 7) is 2.12. The van der Waals surface area contributed by atoms with E-state index < -0.39 is 5.60 Å². The van der Waals surface area contributed by atoms with Crippen LogP contribution in [0.2, 0.25) is 0 Å². The van der Waals surface area contributed by atoms with Crippen LogP contribution in [0.25, 0.3) is 0 Å². The first kappa shape index (κ1) is 11.0. The van der Waals surface area contributed by atoms with Gasteiger partial charge in [-0.3, -0.25) is 0 Å². The van der Waals surface area contributed by atoms with Gasteiger partial charge >= 0.3 is 0 Å². The van der Waals surface area contributed by atoms with Crippen LogP contribution in [0.3, 0.4) is 0 Å². The van der Waals surface area contributed by atoms with Gasteiger partial charge in [-0.25, -0.2) is 0 Å². The van der Waals surface area contributed by atoms with Crippen molar-refractivity contribution in [1.29, 1.82) is 0 Å². The number of rotatable bonds is 1. The summed E-state index contributed by atoms with van der Waals surface area (Å²) in [5.74, 6) is 2.88. The fourth-order valence-electron chi connectivity index (χ4n) is 5.19. The smallest absolute Gasteiger partial charge is 0.0952 e. The van der Waals surface area contributed by atoms with Crippen molar-refractivity contribution in [2.45, 2.75) is 44.6 Å². The van der Waals surface area contributed by atoms with Crippen LogP contribution in [-0.4, -0.2) is 5.11 Å². The average Bonchev–Trinajstić information content (AvgIpc) is 2.35. The van der Waals surface area contributed by atoms with Crippen molar-refractivity contribution in [3.05, 3.63) is 35.4 Å². The molecule has 5 rings (SSSR count). The van der Waals surface area contributed by atoms with E-state index in [1.54, 1.807) is 0 Å². The summed E-state index contributed by atoms with van der Waals surface area (Å²) >= 11 is 0. The molecule has 18 heavy (non-hydrogen) atoms. The topological polar surface area (TPSA) is 20.2 Å². The van der Waals surface area contributed by atoms with E-state index in [9.17, 15) is 5.11 Å². The molecule has 1 aromatic carbocycles. The number of hydrogen-bond donors (Lipinski definition) is 1. The third-order valence-electron chi connectivity index (χ3n) is 5.90. The molecule has 4 fully saturated rings. The van der Waals surface area contributed by atoms with E-state index in [0.29, 0.717) is 11.8 Å². The number of aliphatic hydroxyl groups is 1. The van der Waals surface area contributed by atoms with Gasteiger partial charge in [-0.1, -0.05) is 29.8 Å². The van der Waals surface area contributed by atoms with Crippen molar-refractivity contribution in [2.75, 3.05) is 0 Å². The Morgan fingerprint density at radius 2 is 1.39 bits per heavy atom. The van der Waals surface area contributed by atoms with Crippen molar-refractivity contribution >= 4 is 0 Å². The molecule has 0 aliphatic heterocycles. The number of benzene rings is 1. The molecule has 0 radical (unpaired) electrons. The highest BCUT2D eigenvalue weighted by molar-refractivity contribution is 5.30. The molecule has 0 unspecified atom stereocenters. The van der Waals surface area contributed by atoms with E-state index in [4.69, 9.17) is 0 Å². The molecule has 4 aliphatic rings. The van der Waals surface area contributed by atoms with Crippen LogP contribution in [0.5, 0.6) is 0 Å². The Morgan fingerprint density at radius 3 is 1.89 bits per heavy atom. The molecule has 4 saturated carbocycles. The van der Waals surface area contributed by atoms with Gasteiger partial charge in [0.25, 0.3) is 0 Å². The maximum absolute atomic E-state index is 11.4. The molecule has 1 aromatic rings. The Bertz CT molecular complexity index is 431. The van der Waals surface area contributed by atoms with Crippen LogP contribution in [0.4, 0.5) is 0 Å². The second-order valence-electron chi connectivity index (χ2n) is 7.00. The van der Waals surface area contributed by atoms with Crippen molar-refractivity contribution < 1.29 is 5.11 Å². The Kier molecular flexibility index (Phi) is 2.21. The zero-order valence-corrected chi connectivity index (χ0v) is 11.1. The largest absolute Gasteiger partial charge is 0.385 e. The highest BCUT2D eigenvalue weighted by Crippen LogP contribution is 2.61. The Labute approximate surface area is 109 Å². The van der Waals surface area contributed by atoms with Gasteiger partial charge in [0.15, 0.2) is 0 Å². The van der Waals surface area contributed by atoms with Crippen molar-refractivity contribution in [1.82, 2.24) is 0 Å². The standard InChI is InChI=1S/C17H22O/c1-11-2-4-14(5-3-11)17(18)15-7-12-6-13(9-15)10-16(17)8-12/h2-5,12-13,15-16,18H,6-10H2,1H3. The third-order valence-corrected chi connectivity index (χ3v) is 5.90. The molecule has 0 saturated heterocycles. The van der Waals surface area contributed by atoms with E-state index in [1.165, 1.54) is 43.2 Å². The minimum absolute atomic E-state index is 0.513. The van der Waals surface area contributed by atoms with Crippen molar-refractivity contribution in [3.8, 4) is 0 Å². The molecule has 1 nitrogen and oxygen atoms in total. The molecule has 4 bridgehead atoms. The summed E-state index contributed by atoms with van der Waals surface area (Å²) in [5, 5.41) is 11.4. The second-order valence-corrected chi connectivity index (χ2v) is 7.00. The predicted octanol–water partition coefficient (Wildman–Crippen LogP) is 3.64. The van der Waals surface area contributed by atoms with Crippen LogP contribution in [0.1, 0.15) is 43.2 Å². The Balaban J connectivity index is 1.76. The number of hydrogen-bond acceptors (Lipinski definition) is 1. The molecule has 0 amide bonds. The van der Waals surface area contributed by atoms with E-state index in [2.05, 4.69) is 31.2 Å². The molecular formula is C17H22O. The molecule has 0 atom stereocenters. The van der Waals surface area contributed by atoms with E-state index in [1.807, 2.05) is 0 Å². The lowest BCUT2D eigenvalue weighted by Crippen LogP contribution is -2.55. The molecule has 0 heterocycles. The highest BCUT2D eigenvalue weighted by Gasteiger charge is 2.57. The second kappa shape index (κ2) is 3.60. The van der Waals surface area contributed by atoms with E-state index >= 15 is 0 Å². The van der Waals surface area contributed by atoms with Gasteiger partial charge in [-0.05, 0) is 68.3 Å². The van der Waals surface area contributed by atoms with Crippen LogP contribution >= 0.6 is 0 Å². The lowest BCUT2D eigenvalue weighted by molar-refractivity contribution is -0.179. The predicted molar refractivity (Wildman–Crippen MR) is 72.1 cm³/mol. The Morgan fingerprint density at radius 1 is 0.889 bits per heavy atom. The minimum atomic E-state index is -0.513. The molecule has 1 heteroatoms. The molecule has 0 spiro atoms. The van der Waals surface area contributed by atoms with Gasteiger partial charge in [0.05, 0.1) is 5.60 Å². The van der Waals surface area contributed by atoms with E-state index in [0.717, 1.165) is 11.8 Å². The number of aryl methyl sites for hydroxylation is 1. The fraction of sp³-hybridized carbons (Fsp3) is 0.647. The van der Waals surface area contributed by atoms with Gasteiger partial charge in [-0.15, -0.1) is 0 Å². The van der Waals surface area contributed by atoms with Crippen LogP contribution in [0.15, 0.2) is 24.3 Å². The first-order valence-electron chi connectivity index (χ1n) is 7.45. The highest BCUT2D eigenvalue weighted by atomic mass is 16.3. The zero-order valence-electron chi connectivity index (χ0n) is 11.1. The normalized spacial score (nSPS) is 45.4. The lowest BCUT2D eigenvalue weighted by atomic mass is 9.48. The quantitative estimate of drug-likeness (QED) is 0.797. The van der Waals surface area contributed by atoms with Gasteiger partial charge in [0, 0.05) is 0 Å². The molecular weight excluding hydrogens is 220 g/mol. The zero-order chi connectivity index (χ0) is 12.3. The van der Waals surface area contributed by atoms with Crippen LogP contribution < -0.4 is 0 Å². The van der Waals surface area contributed by atoms with Crippen molar-refractivity contribution in [2.24, 2.45) is 23.7 Å². The third kappa shape index (κ3) is 1.37. The average molecular weight is 242 g/mol. The van der Waals surface area contributed by atoms with Gasteiger partial charge in [-0.2, -0.15) is 0 Å². The first-order valence-corrected chi connectivity index (χ1v) is 7.45. The van der Waals surface area contributed by atoms with E-state index in [-0.39, 0.29) is 0 Å². The molecule has 0 aromatic heterocycles. The van der Waals surface area contributed by atoms with Crippen molar-refractivity contribution in [3.63, 3.8) is 0 Å². The van der Waals surface area contributed by atoms with Gasteiger partial charge < -0.3 is 5.11 Å². The maximum Gasteiger partial charge on any atom is 0.0952 e. The summed E-state index contributed by atoms with van der Waals surface area (Å²) < 4.78 is 0. The van der Waals surface area contributed by atoms with Gasteiger partial charge in [0.2, 0.25) is 0 Å². The minimum Gasteiger partial charge on any atom is -0.385 e. The summed E-state index contributed by atoms with van der Waals surface area (Å²) in [6.07, 6.45) is 6.49. The SMILES string of the molecule is Cc1ccc(C2(O)C3CC4CC(C3)CC2C4)cc1. The monoisotopic (exact) mass is 242 g/mol. The Hall–Kier alpha value is -0.820. The maximum atomic E-state index is 11.4. The molecule has 4 aliphatic carbocycles. The molecule has 1 N–H and O–H groups in total.